The molecule has 0 atom stereocenters. The van der Waals surface area contributed by atoms with Crippen LogP contribution >= 0.6 is 11.6 Å². The molecule has 0 saturated carbocycles. The van der Waals surface area contributed by atoms with E-state index in [2.05, 4.69) is 30.8 Å². The average Bonchev–Trinajstić information content (AvgIpc) is 3.19. The number of amides is 1. The minimum absolute atomic E-state index is 0.0578. The van der Waals surface area contributed by atoms with E-state index >= 15 is 0 Å². The number of nitrogens with one attached hydrogen (secondary N) is 3. The van der Waals surface area contributed by atoms with Gasteiger partial charge in [-0.3, -0.25) is 9.89 Å². The highest BCUT2D eigenvalue weighted by Gasteiger charge is 2.10. The Morgan fingerprint density at radius 3 is 2.87 bits per heavy atom. The van der Waals surface area contributed by atoms with Crippen molar-refractivity contribution in [1.29, 1.82) is 0 Å². The highest BCUT2D eigenvalue weighted by atomic mass is 35.5. The first-order chi connectivity index (χ1) is 15.0. The van der Waals surface area contributed by atoms with Crippen LogP contribution in [0.1, 0.15) is 13.8 Å². The van der Waals surface area contributed by atoms with Crippen LogP contribution in [0.2, 0.25) is 5.15 Å². The molecule has 31 heavy (non-hydrogen) atoms. The molecule has 0 saturated heterocycles. The van der Waals surface area contributed by atoms with Crippen molar-refractivity contribution in [2.75, 3.05) is 11.9 Å². The maximum atomic E-state index is 11.8. The molecule has 0 radical (unpaired) electrons. The molecule has 2 aromatic carbocycles. The Kier molecular flexibility index (Phi) is 5.99. The van der Waals surface area contributed by atoms with Crippen LogP contribution in [0.5, 0.6) is 5.75 Å². The Hall–Kier alpha value is -3.65. The number of rotatable bonds is 7. The second kappa shape index (κ2) is 9.01. The summed E-state index contributed by atoms with van der Waals surface area (Å²) in [5, 5.41) is 14.3. The fourth-order valence-electron chi connectivity index (χ4n) is 3.02. The van der Waals surface area contributed by atoms with E-state index in [1.807, 2.05) is 44.2 Å². The fraction of sp³-hybridized carbons (Fsp3) is 0.182. The smallest absolute Gasteiger partial charge is 0.258 e. The van der Waals surface area contributed by atoms with Crippen molar-refractivity contribution < 1.29 is 9.53 Å². The number of anilines is 2. The summed E-state index contributed by atoms with van der Waals surface area (Å²) in [6, 6.07) is 14.8. The molecule has 0 fully saturated rings. The van der Waals surface area contributed by atoms with Crippen molar-refractivity contribution in [3.8, 4) is 17.1 Å². The lowest BCUT2D eigenvalue weighted by molar-refractivity contribution is -0.123. The van der Waals surface area contributed by atoms with Gasteiger partial charge >= 0.3 is 0 Å². The predicted molar refractivity (Wildman–Crippen MR) is 121 cm³/mol. The van der Waals surface area contributed by atoms with Crippen LogP contribution in [0.4, 0.5) is 11.5 Å². The van der Waals surface area contributed by atoms with Crippen molar-refractivity contribution in [2.24, 2.45) is 0 Å². The first-order valence-corrected chi connectivity index (χ1v) is 10.1. The Balaban J connectivity index is 1.53. The van der Waals surface area contributed by atoms with Gasteiger partial charge in [0.05, 0.1) is 11.7 Å². The van der Waals surface area contributed by atoms with E-state index in [-0.39, 0.29) is 18.6 Å². The molecule has 1 amide bonds. The topological polar surface area (TPSA) is 105 Å². The zero-order valence-electron chi connectivity index (χ0n) is 17.0. The van der Waals surface area contributed by atoms with Gasteiger partial charge in [0.15, 0.2) is 12.4 Å². The summed E-state index contributed by atoms with van der Waals surface area (Å²) in [4.78, 5) is 20.7. The summed E-state index contributed by atoms with van der Waals surface area (Å²) in [6.07, 6.45) is 1.76. The predicted octanol–water partition coefficient (Wildman–Crippen LogP) is 4.32. The zero-order valence-corrected chi connectivity index (χ0v) is 17.8. The van der Waals surface area contributed by atoms with Gasteiger partial charge in [0.2, 0.25) is 0 Å². The Morgan fingerprint density at radius 2 is 2.03 bits per heavy atom. The number of carbonyl (C=O) groups excluding carboxylic acids is 1. The first kappa shape index (κ1) is 20.6. The second-order valence-corrected chi connectivity index (χ2v) is 7.62. The molecule has 0 aliphatic heterocycles. The number of halogens is 1. The third-order valence-electron chi connectivity index (χ3n) is 4.32. The zero-order chi connectivity index (χ0) is 21.8. The molecule has 158 valence electrons. The van der Waals surface area contributed by atoms with Crippen molar-refractivity contribution in [2.45, 2.75) is 19.9 Å². The minimum atomic E-state index is -0.180. The number of aromatic amines is 1. The number of carbonyl (C=O) groups is 1. The van der Waals surface area contributed by atoms with Gasteiger partial charge in [0.25, 0.3) is 5.91 Å². The molecule has 0 spiro atoms. The highest BCUT2D eigenvalue weighted by Crippen LogP contribution is 2.26. The molecule has 9 heteroatoms. The monoisotopic (exact) mass is 436 g/mol. The van der Waals surface area contributed by atoms with Gasteiger partial charge in [0, 0.05) is 28.7 Å². The average molecular weight is 437 g/mol. The maximum Gasteiger partial charge on any atom is 0.258 e. The van der Waals surface area contributed by atoms with Gasteiger partial charge in [0.1, 0.15) is 16.7 Å². The van der Waals surface area contributed by atoms with Crippen LogP contribution in [0.15, 0.2) is 54.7 Å². The molecule has 4 aromatic rings. The van der Waals surface area contributed by atoms with Gasteiger partial charge in [-0.2, -0.15) is 5.10 Å². The minimum Gasteiger partial charge on any atom is -0.484 e. The van der Waals surface area contributed by atoms with E-state index in [0.29, 0.717) is 22.5 Å². The Morgan fingerprint density at radius 1 is 1.16 bits per heavy atom. The molecule has 0 aliphatic carbocycles. The lowest BCUT2D eigenvalue weighted by atomic mass is 10.2. The molecule has 3 N–H and O–H groups in total. The molecular weight excluding hydrogens is 416 g/mol. The van der Waals surface area contributed by atoms with Gasteiger partial charge in [-0.15, -0.1) is 0 Å². The molecule has 0 unspecified atom stereocenters. The summed E-state index contributed by atoms with van der Waals surface area (Å²) in [5.74, 6) is 1.36. The lowest BCUT2D eigenvalue weighted by Crippen LogP contribution is -2.34. The Bertz CT molecular complexity index is 1220. The van der Waals surface area contributed by atoms with Gasteiger partial charge in [-0.25, -0.2) is 9.97 Å². The largest absolute Gasteiger partial charge is 0.484 e. The van der Waals surface area contributed by atoms with Crippen molar-refractivity contribution >= 4 is 39.9 Å². The van der Waals surface area contributed by atoms with Crippen LogP contribution in [0.25, 0.3) is 22.3 Å². The first-order valence-electron chi connectivity index (χ1n) is 9.73. The van der Waals surface area contributed by atoms with Crippen LogP contribution < -0.4 is 15.4 Å². The third-order valence-corrected chi connectivity index (χ3v) is 4.51. The summed E-state index contributed by atoms with van der Waals surface area (Å²) < 4.78 is 5.60. The quantitative estimate of drug-likeness (QED) is 0.372. The van der Waals surface area contributed by atoms with E-state index in [9.17, 15) is 4.79 Å². The van der Waals surface area contributed by atoms with Crippen LogP contribution in [0.3, 0.4) is 0 Å². The summed E-state index contributed by atoms with van der Waals surface area (Å²) in [7, 11) is 0. The molecular formula is C22H21ClN6O2. The number of aromatic nitrogens is 4. The van der Waals surface area contributed by atoms with Crippen molar-refractivity contribution in [3.63, 3.8) is 0 Å². The summed E-state index contributed by atoms with van der Waals surface area (Å²) in [5.41, 5.74) is 2.52. The van der Waals surface area contributed by atoms with E-state index < -0.39 is 0 Å². The summed E-state index contributed by atoms with van der Waals surface area (Å²) in [6.45, 7) is 3.73. The van der Waals surface area contributed by atoms with Gasteiger partial charge in [-0.05, 0) is 44.2 Å². The number of H-pyrrole nitrogens is 1. The molecule has 2 aromatic heterocycles. The van der Waals surface area contributed by atoms with Crippen LogP contribution in [-0.4, -0.2) is 38.7 Å². The van der Waals surface area contributed by atoms with Crippen molar-refractivity contribution in [1.82, 2.24) is 25.5 Å². The number of hydrogen-bond donors (Lipinski definition) is 3. The SMILES string of the molecule is CC(C)NC(=O)COc1cccc(-c2nc(Cl)cc(Nc3ccc4[nH]ncc4c3)n2)c1. The van der Waals surface area contributed by atoms with Gasteiger partial charge < -0.3 is 15.4 Å². The molecule has 2 heterocycles. The normalized spacial score (nSPS) is 11.0. The Labute approximate surface area is 184 Å². The molecule has 8 nitrogen and oxygen atoms in total. The molecule has 0 bridgehead atoms. The number of benzene rings is 2. The number of fused-ring (bicyclic) bond motifs is 1. The number of nitrogens with zero attached hydrogens (tertiary/aromatic N) is 3. The fourth-order valence-corrected chi connectivity index (χ4v) is 3.20. The molecule has 4 rings (SSSR count). The van der Waals surface area contributed by atoms with E-state index in [4.69, 9.17) is 16.3 Å². The molecule has 0 aliphatic rings. The number of hydrogen-bond acceptors (Lipinski definition) is 6. The van der Waals surface area contributed by atoms with Gasteiger partial charge in [-0.1, -0.05) is 23.7 Å². The second-order valence-electron chi connectivity index (χ2n) is 7.24. The van der Waals surface area contributed by atoms with E-state index in [1.165, 1.54) is 0 Å². The summed E-state index contributed by atoms with van der Waals surface area (Å²) >= 11 is 6.24. The maximum absolute atomic E-state index is 11.8. The van der Waals surface area contributed by atoms with E-state index in [0.717, 1.165) is 22.2 Å². The van der Waals surface area contributed by atoms with Crippen LogP contribution in [-0.2, 0) is 4.79 Å². The van der Waals surface area contributed by atoms with Crippen molar-refractivity contribution in [3.05, 3.63) is 59.9 Å². The number of ether oxygens (including phenoxy) is 1. The third kappa shape index (κ3) is 5.29. The van der Waals surface area contributed by atoms with Crippen LogP contribution in [0, 0.1) is 0 Å². The highest BCUT2D eigenvalue weighted by molar-refractivity contribution is 6.29. The van der Waals surface area contributed by atoms with E-state index in [1.54, 1.807) is 24.4 Å². The standard InChI is InChI=1S/C22H21ClN6O2/c1-13(2)25-21(30)12-31-17-5-3-4-14(9-17)22-27-19(23)10-20(28-22)26-16-6-7-18-15(8-16)11-24-29-18/h3-11,13H,12H2,1-2H3,(H,24,29)(H,25,30)(H,26,27,28). The lowest BCUT2D eigenvalue weighted by Gasteiger charge is -2.11.